The van der Waals surface area contributed by atoms with E-state index in [2.05, 4.69) is 15.2 Å². The van der Waals surface area contributed by atoms with E-state index in [0.717, 1.165) is 24.5 Å². The fraction of sp³-hybridized carbons (Fsp3) is 0.333. The Hall–Kier alpha value is -1.82. The number of carbonyl (C=O) groups is 1. The van der Waals surface area contributed by atoms with E-state index in [9.17, 15) is 4.79 Å². The first-order chi connectivity index (χ1) is 12.1. The maximum absolute atomic E-state index is 12.2. The molecule has 1 aliphatic rings. The van der Waals surface area contributed by atoms with Gasteiger partial charge < -0.3 is 15.0 Å². The second kappa shape index (κ2) is 8.52. The lowest BCUT2D eigenvalue weighted by Gasteiger charge is -2.27. The van der Waals surface area contributed by atoms with Gasteiger partial charge in [-0.2, -0.15) is 0 Å². The van der Waals surface area contributed by atoms with Crippen molar-refractivity contribution in [2.24, 2.45) is 0 Å². The van der Waals surface area contributed by atoms with Crippen LogP contribution in [0.5, 0.6) is 0 Å². The van der Waals surface area contributed by atoms with Crippen LogP contribution in [0, 0.1) is 0 Å². The van der Waals surface area contributed by atoms with Gasteiger partial charge in [0.05, 0.1) is 18.8 Å². The summed E-state index contributed by atoms with van der Waals surface area (Å²) in [6.07, 6.45) is 2.25. The highest BCUT2D eigenvalue weighted by Gasteiger charge is 2.13. The van der Waals surface area contributed by atoms with Crippen LogP contribution in [-0.2, 0) is 11.2 Å². The van der Waals surface area contributed by atoms with E-state index in [1.807, 2.05) is 12.1 Å². The summed E-state index contributed by atoms with van der Waals surface area (Å²) in [4.78, 5) is 18.8. The molecule has 0 spiro atoms. The molecule has 1 aromatic carbocycles. The molecule has 2 aromatic rings. The van der Waals surface area contributed by atoms with Crippen LogP contribution in [0.15, 0.2) is 36.5 Å². The first-order valence-corrected chi connectivity index (χ1v) is 8.90. The monoisotopic (exact) mass is 379 g/mol. The van der Waals surface area contributed by atoms with Crippen molar-refractivity contribution in [3.05, 3.63) is 57.7 Å². The molecule has 1 aliphatic heterocycles. The number of halogens is 2. The number of anilines is 1. The highest BCUT2D eigenvalue weighted by Crippen LogP contribution is 2.21. The molecule has 1 fully saturated rings. The Morgan fingerprint density at radius 3 is 2.68 bits per heavy atom. The molecule has 132 valence electrons. The molecule has 0 bridgehead atoms. The standard InChI is InChI=1S/C18H19Cl2N3O2/c19-15-3-1-13(16(20)11-15)5-6-21-18(24)14-2-4-17(22-12-14)23-7-9-25-10-8-23/h1-4,11-12H,5-10H2,(H,21,24). The van der Waals surface area contributed by atoms with Crippen LogP contribution < -0.4 is 10.2 Å². The van der Waals surface area contributed by atoms with E-state index in [1.165, 1.54) is 0 Å². The summed E-state index contributed by atoms with van der Waals surface area (Å²) < 4.78 is 5.33. The van der Waals surface area contributed by atoms with E-state index in [1.54, 1.807) is 24.4 Å². The van der Waals surface area contributed by atoms with Crippen molar-refractivity contribution >= 4 is 34.9 Å². The van der Waals surface area contributed by atoms with E-state index >= 15 is 0 Å². The number of morpholine rings is 1. The zero-order valence-electron chi connectivity index (χ0n) is 13.7. The van der Waals surface area contributed by atoms with Gasteiger partial charge >= 0.3 is 0 Å². The number of hydrogen-bond acceptors (Lipinski definition) is 4. The summed E-state index contributed by atoms with van der Waals surface area (Å²) in [5.74, 6) is 0.721. The van der Waals surface area contributed by atoms with Gasteiger partial charge in [0.2, 0.25) is 0 Å². The maximum Gasteiger partial charge on any atom is 0.252 e. The Kier molecular flexibility index (Phi) is 6.13. The number of pyridine rings is 1. The normalized spacial score (nSPS) is 14.4. The maximum atomic E-state index is 12.2. The minimum atomic E-state index is -0.147. The predicted molar refractivity (Wildman–Crippen MR) is 99.8 cm³/mol. The molecule has 2 heterocycles. The van der Waals surface area contributed by atoms with Gasteiger partial charge in [-0.25, -0.2) is 4.98 Å². The zero-order chi connectivity index (χ0) is 17.6. The second-order valence-electron chi connectivity index (χ2n) is 5.75. The van der Waals surface area contributed by atoms with Crippen molar-refractivity contribution in [1.82, 2.24) is 10.3 Å². The minimum absolute atomic E-state index is 0.147. The van der Waals surface area contributed by atoms with Crippen LogP contribution in [-0.4, -0.2) is 43.7 Å². The van der Waals surface area contributed by atoms with E-state index < -0.39 is 0 Å². The summed E-state index contributed by atoms with van der Waals surface area (Å²) in [6, 6.07) is 9.03. The van der Waals surface area contributed by atoms with Crippen molar-refractivity contribution < 1.29 is 9.53 Å². The Labute approximate surface area is 156 Å². The number of benzene rings is 1. The van der Waals surface area contributed by atoms with E-state index in [0.29, 0.717) is 41.8 Å². The first kappa shape index (κ1) is 18.0. The van der Waals surface area contributed by atoms with Gasteiger partial charge in [0.1, 0.15) is 5.82 Å². The van der Waals surface area contributed by atoms with Gasteiger partial charge in [0, 0.05) is 35.9 Å². The number of rotatable bonds is 5. The van der Waals surface area contributed by atoms with Gasteiger partial charge in [-0.3, -0.25) is 4.79 Å². The van der Waals surface area contributed by atoms with Crippen LogP contribution >= 0.6 is 23.2 Å². The molecule has 0 radical (unpaired) electrons. The van der Waals surface area contributed by atoms with Crippen molar-refractivity contribution in [2.75, 3.05) is 37.7 Å². The van der Waals surface area contributed by atoms with Crippen molar-refractivity contribution in [3.63, 3.8) is 0 Å². The molecule has 1 aromatic heterocycles. The average Bonchev–Trinajstić information content (AvgIpc) is 2.64. The summed E-state index contributed by atoms with van der Waals surface area (Å²) in [5.41, 5.74) is 1.49. The topological polar surface area (TPSA) is 54.5 Å². The number of ether oxygens (including phenoxy) is 1. The summed E-state index contributed by atoms with van der Waals surface area (Å²) in [7, 11) is 0. The highest BCUT2D eigenvalue weighted by atomic mass is 35.5. The number of carbonyl (C=O) groups excluding carboxylic acids is 1. The smallest absolute Gasteiger partial charge is 0.252 e. The van der Waals surface area contributed by atoms with Gasteiger partial charge in [-0.15, -0.1) is 0 Å². The fourth-order valence-electron chi connectivity index (χ4n) is 2.64. The summed E-state index contributed by atoms with van der Waals surface area (Å²) in [6.45, 7) is 3.54. The molecule has 25 heavy (non-hydrogen) atoms. The molecule has 0 saturated carbocycles. The van der Waals surface area contributed by atoms with Crippen molar-refractivity contribution in [1.29, 1.82) is 0 Å². The third-order valence-electron chi connectivity index (χ3n) is 4.04. The highest BCUT2D eigenvalue weighted by molar-refractivity contribution is 6.35. The van der Waals surface area contributed by atoms with Gasteiger partial charge in [0.15, 0.2) is 0 Å². The molecule has 1 amide bonds. The molecule has 1 N–H and O–H groups in total. The quantitative estimate of drug-likeness (QED) is 0.866. The van der Waals surface area contributed by atoms with Crippen molar-refractivity contribution in [2.45, 2.75) is 6.42 Å². The Bertz CT molecular complexity index is 732. The lowest BCUT2D eigenvalue weighted by molar-refractivity contribution is 0.0953. The molecule has 5 nitrogen and oxygen atoms in total. The molecule has 0 aliphatic carbocycles. The summed E-state index contributed by atoms with van der Waals surface area (Å²) >= 11 is 12.0. The number of aromatic nitrogens is 1. The molecular weight excluding hydrogens is 361 g/mol. The third kappa shape index (κ3) is 4.84. The van der Waals surface area contributed by atoms with E-state index in [-0.39, 0.29) is 5.91 Å². The SMILES string of the molecule is O=C(NCCc1ccc(Cl)cc1Cl)c1ccc(N2CCOCC2)nc1. The first-order valence-electron chi connectivity index (χ1n) is 8.14. The number of nitrogens with one attached hydrogen (secondary N) is 1. The van der Waals surface area contributed by atoms with Crippen LogP contribution in [0.3, 0.4) is 0 Å². The Morgan fingerprint density at radius 1 is 1.20 bits per heavy atom. The van der Waals surface area contributed by atoms with Crippen LogP contribution in [0.25, 0.3) is 0 Å². The number of hydrogen-bond donors (Lipinski definition) is 1. The van der Waals surface area contributed by atoms with Gasteiger partial charge in [-0.05, 0) is 36.2 Å². The predicted octanol–water partition coefficient (Wildman–Crippen LogP) is 3.20. The van der Waals surface area contributed by atoms with Crippen LogP contribution in [0.4, 0.5) is 5.82 Å². The average molecular weight is 380 g/mol. The number of nitrogens with zero attached hydrogens (tertiary/aromatic N) is 2. The largest absolute Gasteiger partial charge is 0.378 e. The van der Waals surface area contributed by atoms with Crippen LogP contribution in [0.1, 0.15) is 15.9 Å². The zero-order valence-corrected chi connectivity index (χ0v) is 15.2. The van der Waals surface area contributed by atoms with E-state index in [4.69, 9.17) is 27.9 Å². The second-order valence-corrected chi connectivity index (χ2v) is 6.59. The molecule has 1 saturated heterocycles. The Morgan fingerprint density at radius 2 is 2.00 bits per heavy atom. The molecule has 3 rings (SSSR count). The number of amides is 1. The molecule has 0 unspecified atom stereocenters. The molecule has 0 atom stereocenters. The van der Waals surface area contributed by atoms with Crippen molar-refractivity contribution in [3.8, 4) is 0 Å². The lowest BCUT2D eigenvalue weighted by Crippen LogP contribution is -2.36. The lowest BCUT2D eigenvalue weighted by atomic mass is 10.1. The summed E-state index contributed by atoms with van der Waals surface area (Å²) in [5, 5.41) is 4.09. The Balaban J connectivity index is 1.52. The van der Waals surface area contributed by atoms with Gasteiger partial charge in [-0.1, -0.05) is 29.3 Å². The minimum Gasteiger partial charge on any atom is -0.378 e. The van der Waals surface area contributed by atoms with Gasteiger partial charge in [0.25, 0.3) is 5.91 Å². The third-order valence-corrected chi connectivity index (χ3v) is 4.63. The van der Waals surface area contributed by atoms with Crippen LogP contribution in [0.2, 0.25) is 10.0 Å². The fourth-order valence-corrected chi connectivity index (χ4v) is 3.14. The molecule has 7 heteroatoms. The molecular formula is C18H19Cl2N3O2.